The maximum Gasteiger partial charge on any atom is 0.408 e. The fourth-order valence-electron chi connectivity index (χ4n) is 6.31. The molecule has 4 N–H and O–H groups in total. The summed E-state index contributed by atoms with van der Waals surface area (Å²) in [6, 6.07) is 7.99. The first-order valence-corrected chi connectivity index (χ1v) is 17.5. The van der Waals surface area contributed by atoms with E-state index in [1.165, 1.54) is 12.8 Å². The van der Waals surface area contributed by atoms with Gasteiger partial charge in [-0.05, 0) is 83.8 Å². The number of fused-ring (bicyclic) bond motifs is 1. The highest BCUT2D eigenvalue weighted by atomic mass is 32.2. The molecule has 1 aliphatic heterocycles. The van der Waals surface area contributed by atoms with Gasteiger partial charge in [-0.3, -0.25) is 14.5 Å². The van der Waals surface area contributed by atoms with Crippen molar-refractivity contribution in [1.82, 2.24) is 20.9 Å². The zero-order valence-corrected chi connectivity index (χ0v) is 29.8. The van der Waals surface area contributed by atoms with Gasteiger partial charge in [0.05, 0.1) is 18.2 Å². The van der Waals surface area contributed by atoms with Crippen LogP contribution in [0.25, 0.3) is 0 Å². The molecule has 1 unspecified atom stereocenters. The number of β-amino-alcohol motifs (C(OH)–C–C–N with tert-alkyl or cyclic N) is 1. The molecule has 1 heterocycles. The van der Waals surface area contributed by atoms with Crippen molar-refractivity contribution >= 4 is 29.7 Å². The molecule has 1 saturated carbocycles. The van der Waals surface area contributed by atoms with Crippen LogP contribution in [-0.4, -0.2) is 82.1 Å². The molecule has 2 aliphatic rings. The lowest BCUT2D eigenvalue weighted by Crippen LogP contribution is -2.62. The number of hydrogen-bond donors (Lipinski definition) is 4. The highest BCUT2D eigenvalue weighted by Gasteiger charge is 2.42. The van der Waals surface area contributed by atoms with Crippen LogP contribution in [0.5, 0.6) is 0 Å². The number of alkyl carbamates (subject to hydrolysis) is 1. The third-order valence-electron chi connectivity index (χ3n) is 8.48. The van der Waals surface area contributed by atoms with Gasteiger partial charge >= 0.3 is 6.09 Å². The lowest BCUT2D eigenvalue weighted by molar-refractivity contribution is -0.133. The smallest absolute Gasteiger partial charge is 0.408 e. The minimum atomic E-state index is -0.947. The van der Waals surface area contributed by atoms with Gasteiger partial charge in [-0.25, -0.2) is 4.79 Å². The third-order valence-corrected chi connectivity index (χ3v) is 9.61. The molecule has 3 rings (SSSR count). The number of aliphatic hydroxyl groups excluding tert-OH is 1. The van der Waals surface area contributed by atoms with Crippen LogP contribution in [0.2, 0.25) is 0 Å². The predicted molar refractivity (Wildman–Crippen MR) is 181 cm³/mol. The van der Waals surface area contributed by atoms with Gasteiger partial charge < -0.3 is 25.8 Å². The van der Waals surface area contributed by atoms with Crippen molar-refractivity contribution in [2.24, 2.45) is 17.3 Å². The standard InChI is InChI=1S/C35H58N4O5S/c1-33(2,3)29(37-32(43)44-35(7,8)9)31(42)36-26(22-45-25-17-11-10-12-18-25)28(40)21-39-20-24-16-14-13-15-23(24)19-27(39)30(41)38-34(4,5)6/h10-12,17-18,23-24,26-29,40H,13-16,19-22H2,1-9H3,(H,36,42)(H,37,43)(H,38,41)/t23-,24+,26?,27-,28+,29+/m0/s1. The number of nitrogens with one attached hydrogen (secondary N) is 3. The third kappa shape index (κ3) is 12.1. The molecular formula is C35H58N4O5S. The number of thioether (sulfide) groups is 1. The second kappa shape index (κ2) is 15.5. The van der Waals surface area contributed by atoms with E-state index >= 15 is 0 Å². The molecule has 10 heteroatoms. The van der Waals surface area contributed by atoms with Crippen LogP contribution in [0.1, 0.15) is 94.4 Å². The Bertz CT molecular complexity index is 1130. The Labute approximate surface area is 275 Å². The molecule has 45 heavy (non-hydrogen) atoms. The van der Waals surface area contributed by atoms with E-state index in [1.807, 2.05) is 71.9 Å². The van der Waals surface area contributed by atoms with Gasteiger partial charge in [-0.1, -0.05) is 58.2 Å². The van der Waals surface area contributed by atoms with Crippen molar-refractivity contribution in [3.63, 3.8) is 0 Å². The quantitative estimate of drug-likeness (QED) is 0.253. The largest absolute Gasteiger partial charge is 0.444 e. The Morgan fingerprint density at radius 3 is 2.16 bits per heavy atom. The highest BCUT2D eigenvalue weighted by molar-refractivity contribution is 7.99. The van der Waals surface area contributed by atoms with Crippen LogP contribution in [0.15, 0.2) is 35.2 Å². The lowest BCUT2D eigenvalue weighted by Gasteiger charge is -2.47. The number of carbonyl (C=O) groups excluding carboxylic acids is 3. The summed E-state index contributed by atoms with van der Waals surface area (Å²) in [5.41, 5.74) is -1.70. The SMILES string of the molecule is CC(C)(C)NC(=O)[C@@H]1C[C@@H]2CCCC[C@@H]2CN1C[C@@H](O)C(CSc1ccccc1)NC(=O)[C@@H](NC(=O)OC(C)(C)C)C(C)(C)C. The summed E-state index contributed by atoms with van der Waals surface area (Å²) >= 11 is 1.55. The molecule has 2 fully saturated rings. The Kier molecular flexibility index (Phi) is 12.8. The molecule has 1 saturated heterocycles. The Morgan fingerprint density at radius 2 is 1.58 bits per heavy atom. The number of aliphatic hydroxyl groups is 1. The summed E-state index contributed by atoms with van der Waals surface area (Å²) in [5, 5.41) is 20.8. The second-order valence-electron chi connectivity index (χ2n) is 16.0. The van der Waals surface area contributed by atoms with Gasteiger partial charge in [0.25, 0.3) is 0 Å². The molecule has 1 aromatic rings. The molecule has 0 radical (unpaired) electrons. The Hall–Kier alpha value is -2.30. The molecule has 9 nitrogen and oxygen atoms in total. The topological polar surface area (TPSA) is 120 Å². The molecule has 254 valence electrons. The fourth-order valence-corrected chi connectivity index (χ4v) is 7.34. The molecule has 1 aliphatic carbocycles. The maximum absolute atomic E-state index is 13.8. The van der Waals surface area contributed by atoms with Crippen LogP contribution < -0.4 is 16.0 Å². The number of hydrogen-bond acceptors (Lipinski definition) is 7. The average Bonchev–Trinajstić information content (AvgIpc) is 2.91. The second-order valence-corrected chi connectivity index (χ2v) is 17.1. The first-order valence-electron chi connectivity index (χ1n) is 16.5. The van der Waals surface area contributed by atoms with Crippen LogP contribution in [-0.2, 0) is 14.3 Å². The molecule has 0 bridgehead atoms. The van der Waals surface area contributed by atoms with E-state index in [0.717, 1.165) is 30.7 Å². The lowest BCUT2D eigenvalue weighted by atomic mass is 9.72. The summed E-state index contributed by atoms with van der Waals surface area (Å²) in [6.45, 7) is 17.9. The van der Waals surface area contributed by atoms with Gasteiger partial charge in [0, 0.05) is 29.3 Å². The first-order chi connectivity index (χ1) is 20.8. The monoisotopic (exact) mass is 646 g/mol. The fraction of sp³-hybridized carbons (Fsp3) is 0.743. The molecule has 1 aromatic carbocycles. The molecule has 3 amide bonds. The zero-order valence-electron chi connectivity index (χ0n) is 28.9. The van der Waals surface area contributed by atoms with Gasteiger partial charge in [0.15, 0.2) is 0 Å². The van der Waals surface area contributed by atoms with Crippen molar-refractivity contribution < 1.29 is 24.2 Å². The van der Waals surface area contributed by atoms with E-state index in [1.54, 1.807) is 32.5 Å². The van der Waals surface area contributed by atoms with Crippen molar-refractivity contribution in [3.8, 4) is 0 Å². The summed E-state index contributed by atoms with van der Waals surface area (Å²) in [5.74, 6) is 1.03. The Balaban J connectivity index is 1.83. The van der Waals surface area contributed by atoms with E-state index < -0.39 is 35.3 Å². The van der Waals surface area contributed by atoms with E-state index in [0.29, 0.717) is 17.6 Å². The number of piperidine rings is 1. The Morgan fingerprint density at radius 1 is 0.956 bits per heavy atom. The molecule has 6 atom stereocenters. The average molecular weight is 647 g/mol. The van der Waals surface area contributed by atoms with Crippen LogP contribution in [0.3, 0.4) is 0 Å². The summed E-state index contributed by atoms with van der Waals surface area (Å²) in [7, 11) is 0. The van der Waals surface area contributed by atoms with E-state index in [4.69, 9.17) is 4.74 Å². The number of likely N-dealkylation sites (tertiary alicyclic amines) is 1. The first kappa shape index (κ1) is 37.2. The van der Waals surface area contributed by atoms with Crippen LogP contribution >= 0.6 is 11.8 Å². The van der Waals surface area contributed by atoms with Crippen molar-refractivity contribution in [2.75, 3.05) is 18.8 Å². The maximum atomic E-state index is 13.8. The number of rotatable bonds is 10. The highest BCUT2D eigenvalue weighted by Crippen LogP contribution is 2.39. The summed E-state index contributed by atoms with van der Waals surface area (Å²) in [6.07, 6.45) is 3.84. The minimum Gasteiger partial charge on any atom is -0.444 e. The van der Waals surface area contributed by atoms with E-state index in [2.05, 4.69) is 20.9 Å². The van der Waals surface area contributed by atoms with Crippen LogP contribution in [0, 0.1) is 17.3 Å². The molecular weight excluding hydrogens is 588 g/mol. The van der Waals surface area contributed by atoms with Crippen LogP contribution in [0.4, 0.5) is 4.79 Å². The van der Waals surface area contributed by atoms with Crippen molar-refractivity contribution in [1.29, 1.82) is 0 Å². The number of amides is 3. The molecule has 0 aromatic heterocycles. The number of ether oxygens (including phenoxy) is 1. The number of benzene rings is 1. The summed E-state index contributed by atoms with van der Waals surface area (Å²) in [4.78, 5) is 43.3. The normalized spacial score (nSPS) is 23.2. The number of carbonyl (C=O) groups is 3. The minimum absolute atomic E-state index is 0.00710. The molecule has 0 spiro atoms. The van der Waals surface area contributed by atoms with Gasteiger partial charge in [-0.15, -0.1) is 11.8 Å². The van der Waals surface area contributed by atoms with Crippen molar-refractivity contribution in [2.45, 2.75) is 135 Å². The zero-order chi connectivity index (χ0) is 33.6. The summed E-state index contributed by atoms with van der Waals surface area (Å²) < 4.78 is 5.46. The predicted octanol–water partition coefficient (Wildman–Crippen LogP) is 5.36. The van der Waals surface area contributed by atoms with E-state index in [9.17, 15) is 19.5 Å². The van der Waals surface area contributed by atoms with Gasteiger partial charge in [0.2, 0.25) is 11.8 Å². The van der Waals surface area contributed by atoms with E-state index in [-0.39, 0.29) is 29.9 Å². The van der Waals surface area contributed by atoms with Crippen molar-refractivity contribution in [3.05, 3.63) is 30.3 Å². The van der Waals surface area contributed by atoms with Gasteiger partial charge in [-0.2, -0.15) is 0 Å². The number of nitrogens with zero attached hydrogens (tertiary/aromatic N) is 1. The van der Waals surface area contributed by atoms with Gasteiger partial charge in [0.1, 0.15) is 11.6 Å².